The van der Waals surface area contributed by atoms with Crippen molar-refractivity contribution in [1.29, 1.82) is 0 Å². The maximum atomic E-state index is 6.09. The van der Waals surface area contributed by atoms with E-state index in [0.29, 0.717) is 21.8 Å². The van der Waals surface area contributed by atoms with Gasteiger partial charge in [-0.1, -0.05) is 43.0 Å². The van der Waals surface area contributed by atoms with Crippen molar-refractivity contribution in [3.05, 3.63) is 22.2 Å². The van der Waals surface area contributed by atoms with E-state index in [2.05, 4.69) is 19.2 Å². The van der Waals surface area contributed by atoms with Gasteiger partial charge in [-0.2, -0.15) is 0 Å². The summed E-state index contributed by atoms with van der Waals surface area (Å²) in [6.45, 7) is 4.30. The van der Waals surface area contributed by atoms with E-state index < -0.39 is 0 Å². The van der Waals surface area contributed by atoms with Crippen molar-refractivity contribution in [3.8, 4) is 0 Å². The topological polar surface area (TPSA) is 38.0 Å². The van der Waals surface area contributed by atoms with Gasteiger partial charge in [0.25, 0.3) is 0 Å². The van der Waals surface area contributed by atoms with Gasteiger partial charge in [-0.05, 0) is 25.5 Å². The van der Waals surface area contributed by atoms with Crippen LogP contribution in [0.15, 0.2) is 12.1 Å². The summed E-state index contributed by atoms with van der Waals surface area (Å²) >= 11 is 12.2. The minimum absolute atomic E-state index is 0.360. The quantitative estimate of drug-likeness (QED) is 0.762. The zero-order valence-electron chi connectivity index (χ0n) is 9.69. The van der Waals surface area contributed by atoms with E-state index in [-0.39, 0.29) is 0 Å². The molecule has 0 saturated heterocycles. The zero-order chi connectivity index (χ0) is 12.1. The molecule has 0 saturated carbocycles. The highest BCUT2D eigenvalue weighted by molar-refractivity contribution is 6.39. The number of hydrogen-bond donors (Lipinski definition) is 2. The van der Waals surface area contributed by atoms with Crippen molar-refractivity contribution in [2.24, 2.45) is 0 Å². The number of benzene rings is 1. The lowest BCUT2D eigenvalue weighted by atomic mass is 10.1. The van der Waals surface area contributed by atoms with Crippen LogP contribution in [0.2, 0.25) is 10.0 Å². The highest BCUT2D eigenvalue weighted by Crippen LogP contribution is 2.33. The summed E-state index contributed by atoms with van der Waals surface area (Å²) in [7, 11) is 0. The average molecular weight is 261 g/mol. The molecule has 3 N–H and O–H groups in total. The molecule has 0 radical (unpaired) electrons. The van der Waals surface area contributed by atoms with Crippen LogP contribution in [0, 0.1) is 0 Å². The zero-order valence-corrected chi connectivity index (χ0v) is 11.2. The molecule has 2 nitrogen and oxygen atoms in total. The molecule has 1 rings (SSSR count). The first-order valence-corrected chi connectivity index (χ1v) is 6.31. The summed E-state index contributed by atoms with van der Waals surface area (Å²) in [5.74, 6) is 0. The molecule has 1 aromatic carbocycles. The lowest BCUT2D eigenvalue weighted by Gasteiger charge is -2.17. The third-order valence-electron chi connectivity index (χ3n) is 2.45. The molecule has 1 atom stereocenters. The van der Waals surface area contributed by atoms with Crippen molar-refractivity contribution in [3.63, 3.8) is 0 Å². The molecule has 0 aliphatic heterocycles. The number of anilines is 2. The Kier molecular flexibility index (Phi) is 5.23. The highest BCUT2D eigenvalue weighted by atomic mass is 35.5. The third kappa shape index (κ3) is 3.76. The number of nitrogens with two attached hydrogens (primary N) is 1. The van der Waals surface area contributed by atoms with Crippen LogP contribution < -0.4 is 11.1 Å². The van der Waals surface area contributed by atoms with E-state index >= 15 is 0 Å². The van der Waals surface area contributed by atoms with Crippen molar-refractivity contribution in [2.75, 3.05) is 11.1 Å². The van der Waals surface area contributed by atoms with E-state index in [4.69, 9.17) is 28.9 Å². The molecule has 4 heteroatoms. The number of halogens is 2. The Hall–Kier alpha value is -0.600. The maximum absolute atomic E-state index is 6.09. The van der Waals surface area contributed by atoms with Crippen LogP contribution in [0.3, 0.4) is 0 Å². The van der Waals surface area contributed by atoms with E-state index in [1.54, 1.807) is 12.1 Å². The Bertz CT molecular complexity index is 330. The molecule has 0 bridgehead atoms. The minimum Gasteiger partial charge on any atom is -0.399 e. The second kappa shape index (κ2) is 6.21. The Labute approximate surface area is 107 Å². The monoisotopic (exact) mass is 260 g/mol. The fourth-order valence-electron chi connectivity index (χ4n) is 1.56. The summed E-state index contributed by atoms with van der Waals surface area (Å²) in [6, 6.07) is 3.78. The molecule has 0 aliphatic rings. The fourth-order valence-corrected chi connectivity index (χ4v) is 2.17. The van der Waals surface area contributed by atoms with Gasteiger partial charge in [0.05, 0.1) is 15.7 Å². The van der Waals surface area contributed by atoms with E-state index in [9.17, 15) is 0 Å². The van der Waals surface area contributed by atoms with Gasteiger partial charge in [-0.15, -0.1) is 0 Å². The van der Waals surface area contributed by atoms with Gasteiger partial charge < -0.3 is 11.1 Å². The lowest BCUT2D eigenvalue weighted by molar-refractivity contribution is 0.645. The number of nitrogens with one attached hydrogen (secondary N) is 1. The molecule has 90 valence electrons. The van der Waals surface area contributed by atoms with Gasteiger partial charge in [-0.25, -0.2) is 0 Å². The summed E-state index contributed by atoms with van der Waals surface area (Å²) in [4.78, 5) is 0. The second-order valence-corrected chi connectivity index (χ2v) is 4.86. The van der Waals surface area contributed by atoms with Gasteiger partial charge in [-0.3, -0.25) is 0 Å². The average Bonchev–Trinajstić information content (AvgIpc) is 2.20. The summed E-state index contributed by atoms with van der Waals surface area (Å²) < 4.78 is 0. The van der Waals surface area contributed by atoms with Gasteiger partial charge in [0.1, 0.15) is 0 Å². The first kappa shape index (κ1) is 13.5. The SMILES string of the molecule is CCCCC(C)Nc1c(Cl)cc(N)cc1Cl. The van der Waals surface area contributed by atoms with Crippen LogP contribution >= 0.6 is 23.2 Å². The number of hydrogen-bond acceptors (Lipinski definition) is 2. The van der Waals surface area contributed by atoms with E-state index in [1.165, 1.54) is 12.8 Å². The van der Waals surface area contributed by atoms with Crippen molar-refractivity contribution in [2.45, 2.75) is 39.2 Å². The Morgan fingerprint density at radius 3 is 2.38 bits per heavy atom. The summed E-state index contributed by atoms with van der Waals surface area (Å²) in [5.41, 5.74) is 7.01. The van der Waals surface area contributed by atoms with E-state index in [0.717, 1.165) is 12.1 Å². The van der Waals surface area contributed by atoms with Gasteiger partial charge in [0.15, 0.2) is 0 Å². The van der Waals surface area contributed by atoms with Crippen molar-refractivity contribution < 1.29 is 0 Å². The predicted octanol–water partition coefficient (Wildman–Crippen LogP) is 4.57. The van der Waals surface area contributed by atoms with Crippen LogP contribution in [0.5, 0.6) is 0 Å². The predicted molar refractivity (Wildman–Crippen MR) is 73.5 cm³/mol. The molecule has 1 aromatic rings. The molecule has 0 aromatic heterocycles. The molecule has 1 unspecified atom stereocenters. The largest absolute Gasteiger partial charge is 0.399 e. The van der Waals surface area contributed by atoms with Crippen LogP contribution in [0.25, 0.3) is 0 Å². The van der Waals surface area contributed by atoms with Crippen LogP contribution in [0.1, 0.15) is 33.1 Å². The molecule has 0 amide bonds. The lowest BCUT2D eigenvalue weighted by Crippen LogP contribution is -2.15. The Balaban J connectivity index is 2.73. The number of rotatable bonds is 5. The highest BCUT2D eigenvalue weighted by Gasteiger charge is 2.09. The molecular weight excluding hydrogens is 243 g/mol. The number of unbranched alkanes of at least 4 members (excludes halogenated alkanes) is 1. The minimum atomic E-state index is 0.360. The van der Waals surface area contributed by atoms with Gasteiger partial charge in [0.2, 0.25) is 0 Å². The van der Waals surface area contributed by atoms with Gasteiger partial charge >= 0.3 is 0 Å². The molecule has 0 spiro atoms. The number of nitrogen functional groups attached to an aromatic ring is 1. The first-order chi connectivity index (χ1) is 7.54. The first-order valence-electron chi connectivity index (χ1n) is 5.55. The molecule has 16 heavy (non-hydrogen) atoms. The second-order valence-electron chi connectivity index (χ2n) is 4.05. The molecular formula is C12H18Cl2N2. The normalized spacial score (nSPS) is 12.5. The fraction of sp³-hybridized carbons (Fsp3) is 0.500. The molecule has 0 fully saturated rings. The van der Waals surface area contributed by atoms with Crippen LogP contribution in [-0.4, -0.2) is 6.04 Å². The molecule has 0 heterocycles. The smallest absolute Gasteiger partial charge is 0.0722 e. The van der Waals surface area contributed by atoms with Gasteiger partial charge in [0, 0.05) is 11.7 Å². The van der Waals surface area contributed by atoms with E-state index in [1.807, 2.05) is 0 Å². The van der Waals surface area contributed by atoms with Crippen LogP contribution in [0.4, 0.5) is 11.4 Å². The maximum Gasteiger partial charge on any atom is 0.0722 e. The summed E-state index contributed by atoms with van der Waals surface area (Å²) in [6.07, 6.45) is 3.49. The standard InChI is InChI=1S/C12H18Cl2N2/c1-3-4-5-8(2)16-12-10(13)6-9(15)7-11(12)14/h6-8,16H,3-5,15H2,1-2H3. The molecule has 0 aliphatic carbocycles. The Morgan fingerprint density at radius 2 is 1.88 bits per heavy atom. The van der Waals surface area contributed by atoms with Crippen LogP contribution in [-0.2, 0) is 0 Å². The Morgan fingerprint density at radius 1 is 1.31 bits per heavy atom. The summed E-state index contributed by atoms with van der Waals surface area (Å²) in [5, 5.41) is 4.48. The van der Waals surface area contributed by atoms with Crippen molar-refractivity contribution in [1.82, 2.24) is 0 Å². The third-order valence-corrected chi connectivity index (χ3v) is 3.04. The van der Waals surface area contributed by atoms with Crippen molar-refractivity contribution >= 4 is 34.6 Å².